The second-order valence-corrected chi connectivity index (χ2v) is 6.87. The lowest BCUT2D eigenvalue weighted by Crippen LogP contribution is -2.57. The highest BCUT2D eigenvalue weighted by molar-refractivity contribution is 5.96. The number of alkyl halides is 2. The van der Waals surface area contributed by atoms with Crippen molar-refractivity contribution in [3.05, 3.63) is 42.1 Å². The van der Waals surface area contributed by atoms with Gasteiger partial charge in [0, 0.05) is 24.9 Å². The number of hydrogen-bond acceptors (Lipinski definition) is 3. The van der Waals surface area contributed by atoms with Gasteiger partial charge >= 0.3 is 0 Å². The van der Waals surface area contributed by atoms with Gasteiger partial charge in [-0.25, -0.2) is 13.8 Å². The number of carbonyl (C=O) groups excluding carboxylic acids is 2. The maximum Gasteiger partial charge on any atom is 0.272 e. The van der Waals surface area contributed by atoms with E-state index in [9.17, 15) is 18.4 Å². The molecule has 1 N–H and O–H groups in total. The summed E-state index contributed by atoms with van der Waals surface area (Å²) in [5.74, 6) is -4.05. The van der Waals surface area contributed by atoms with Crippen molar-refractivity contribution in [3.63, 3.8) is 0 Å². The van der Waals surface area contributed by atoms with Crippen molar-refractivity contribution in [1.29, 1.82) is 0 Å². The topological polar surface area (TPSA) is 62.3 Å². The Morgan fingerprint density at radius 3 is 2.72 bits per heavy atom. The molecule has 130 valence electrons. The summed E-state index contributed by atoms with van der Waals surface area (Å²) >= 11 is 0. The van der Waals surface area contributed by atoms with E-state index >= 15 is 0 Å². The predicted molar refractivity (Wildman–Crippen MR) is 87.3 cm³/mol. The molecule has 2 amide bonds. The largest absolute Gasteiger partial charge is 0.356 e. The summed E-state index contributed by atoms with van der Waals surface area (Å²) in [5.41, 5.74) is -0.454. The first kappa shape index (κ1) is 15.9. The molecule has 7 heteroatoms. The van der Waals surface area contributed by atoms with Crippen molar-refractivity contribution in [3.8, 4) is 0 Å². The smallest absolute Gasteiger partial charge is 0.272 e. The SMILES string of the molecule is O=C(c1ccc2ccccc2n1)N1CC(F)(F)C[C@@]2(CCNC2=O)C1. The van der Waals surface area contributed by atoms with Gasteiger partial charge in [-0.05, 0) is 18.6 Å². The molecule has 3 heterocycles. The van der Waals surface area contributed by atoms with Gasteiger partial charge in [-0.2, -0.15) is 0 Å². The summed E-state index contributed by atoms with van der Waals surface area (Å²) in [5, 5.41) is 3.49. The molecule has 2 aromatic rings. The molecule has 2 saturated heterocycles. The molecule has 1 aromatic carbocycles. The molecular formula is C18H17F2N3O2. The van der Waals surface area contributed by atoms with Gasteiger partial charge < -0.3 is 10.2 Å². The Balaban J connectivity index is 1.67. The highest BCUT2D eigenvalue weighted by Gasteiger charge is 2.55. The Labute approximate surface area is 143 Å². The number of likely N-dealkylation sites (tertiary alicyclic amines) is 1. The maximum atomic E-state index is 14.3. The van der Waals surface area contributed by atoms with E-state index in [2.05, 4.69) is 10.3 Å². The van der Waals surface area contributed by atoms with Gasteiger partial charge in [-0.3, -0.25) is 9.59 Å². The van der Waals surface area contributed by atoms with Crippen molar-refractivity contribution in [1.82, 2.24) is 15.2 Å². The number of nitrogens with one attached hydrogen (secondary N) is 1. The minimum absolute atomic E-state index is 0.00175. The zero-order valence-electron chi connectivity index (χ0n) is 13.5. The number of rotatable bonds is 1. The number of nitrogens with zero attached hydrogens (tertiary/aromatic N) is 2. The number of amides is 2. The van der Waals surface area contributed by atoms with Gasteiger partial charge in [-0.1, -0.05) is 24.3 Å². The molecule has 4 rings (SSSR count). The van der Waals surface area contributed by atoms with Crippen molar-refractivity contribution in [2.24, 2.45) is 5.41 Å². The van der Waals surface area contributed by atoms with Gasteiger partial charge in [0.15, 0.2) is 0 Å². The Kier molecular flexibility index (Phi) is 3.49. The van der Waals surface area contributed by atoms with Crippen LogP contribution in [-0.2, 0) is 4.79 Å². The summed E-state index contributed by atoms with van der Waals surface area (Å²) in [4.78, 5) is 30.3. The molecule has 0 unspecified atom stereocenters. The van der Waals surface area contributed by atoms with Gasteiger partial charge in [-0.15, -0.1) is 0 Å². The fourth-order valence-electron chi connectivity index (χ4n) is 3.83. The lowest BCUT2D eigenvalue weighted by atomic mass is 9.77. The lowest BCUT2D eigenvalue weighted by molar-refractivity contribution is -0.144. The molecule has 5 nitrogen and oxygen atoms in total. The Morgan fingerprint density at radius 1 is 1.16 bits per heavy atom. The second kappa shape index (κ2) is 5.47. The van der Waals surface area contributed by atoms with E-state index in [0.717, 1.165) is 10.3 Å². The Morgan fingerprint density at radius 2 is 1.96 bits per heavy atom. The first-order valence-electron chi connectivity index (χ1n) is 8.20. The van der Waals surface area contributed by atoms with Crippen LogP contribution in [0.4, 0.5) is 8.78 Å². The molecule has 1 spiro atoms. The number of hydrogen-bond donors (Lipinski definition) is 1. The molecule has 0 radical (unpaired) electrons. The van der Waals surface area contributed by atoms with Crippen LogP contribution in [0.1, 0.15) is 23.3 Å². The predicted octanol–water partition coefficient (Wildman–Crippen LogP) is 2.22. The molecule has 2 aliphatic heterocycles. The number of pyridine rings is 1. The summed E-state index contributed by atoms with van der Waals surface area (Å²) in [6, 6.07) is 10.6. The number of aromatic nitrogens is 1. The van der Waals surface area contributed by atoms with E-state index < -0.39 is 36.1 Å². The van der Waals surface area contributed by atoms with Crippen LogP contribution in [0.15, 0.2) is 36.4 Å². The number of para-hydroxylation sites is 1. The first-order valence-corrected chi connectivity index (χ1v) is 8.20. The molecule has 1 aromatic heterocycles. The second-order valence-electron chi connectivity index (χ2n) is 6.87. The average molecular weight is 345 g/mol. The number of fused-ring (bicyclic) bond motifs is 1. The number of piperidine rings is 1. The fourth-order valence-corrected chi connectivity index (χ4v) is 3.83. The molecule has 1 atom stereocenters. The molecule has 2 fully saturated rings. The van der Waals surface area contributed by atoms with Gasteiger partial charge in [0.05, 0.1) is 17.5 Å². The number of carbonyl (C=O) groups is 2. The third-order valence-corrected chi connectivity index (χ3v) is 4.99. The number of halogens is 2. The van der Waals surface area contributed by atoms with E-state index in [-0.39, 0.29) is 12.2 Å². The van der Waals surface area contributed by atoms with Crippen LogP contribution in [-0.4, -0.2) is 47.3 Å². The van der Waals surface area contributed by atoms with Crippen molar-refractivity contribution in [2.45, 2.75) is 18.8 Å². The molecule has 25 heavy (non-hydrogen) atoms. The van der Waals surface area contributed by atoms with Crippen LogP contribution in [0.3, 0.4) is 0 Å². The average Bonchev–Trinajstić information content (AvgIpc) is 2.91. The molecule has 2 aliphatic rings. The third-order valence-electron chi connectivity index (χ3n) is 4.99. The third kappa shape index (κ3) is 2.73. The van der Waals surface area contributed by atoms with E-state index in [1.165, 1.54) is 0 Å². The molecule has 0 bridgehead atoms. The van der Waals surface area contributed by atoms with E-state index in [4.69, 9.17) is 0 Å². The Hall–Kier alpha value is -2.57. The monoisotopic (exact) mass is 345 g/mol. The van der Waals surface area contributed by atoms with Crippen LogP contribution in [0.2, 0.25) is 0 Å². The van der Waals surface area contributed by atoms with Gasteiger partial charge in [0.25, 0.3) is 11.8 Å². The van der Waals surface area contributed by atoms with Gasteiger partial charge in [0.1, 0.15) is 5.69 Å². The zero-order chi connectivity index (χ0) is 17.7. The quantitative estimate of drug-likeness (QED) is 0.862. The normalized spacial score (nSPS) is 25.4. The number of benzene rings is 1. The van der Waals surface area contributed by atoms with Crippen LogP contribution in [0.25, 0.3) is 10.9 Å². The fraction of sp³-hybridized carbons (Fsp3) is 0.389. The van der Waals surface area contributed by atoms with Crippen LogP contribution < -0.4 is 5.32 Å². The minimum Gasteiger partial charge on any atom is -0.356 e. The summed E-state index contributed by atoms with van der Waals surface area (Å²) in [6.07, 6.45) is -0.197. The van der Waals surface area contributed by atoms with Crippen LogP contribution >= 0.6 is 0 Å². The van der Waals surface area contributed by atoms with Crippen molar-refractivity contribution < 1.29 is 18.4 Å². The molecular weight excluding hydrogens is 328 g/mol. The Bertz CT molecular complexity index is 870. The van der Waals surface area contributed by atoms with E-state index in [1.807, 2.05) is 12.1 Å². The zero-order valence-corrected chi connectivity index (χ0v) is 13.5. The molecule has 0 aliphatic carbocycles. The maximum absolute atomic E-state index is 14.3. The highest BCUT2D eigenvalue weighted by atomic mass is 19.3. The van der Waals surface area contributed by atoms with Crippen molar-refractivity contribution in [2.75, 3.05) is 19.6 Å². The van der Waals surface area contributed by atoms with Crippen LogP contribution in [0.5, 0.6) is 0 Å². The highest BCUT2D eigenvalue weighted by Crippen LogP contribution is 2.43. The standard InChI is InChI=1S/C18H17F2N3O2/c19-18(20)9-17(7-8-21-16(17)25)10-23(11-18)15(24)14-6-5-12-3-1-2-4-13(12)22-14/h1-6H,7-11H2,(H,21,25)/t17-/m0/s1. The summed E-state index contributed by atoms with van der Waals surface area (Å²) in [6.45, 7) is -0.317. The van der Waals surface area contributed by atoms with Gasteiger partial charge in [0.2, 0.25) is 5.91 Å². The van der Waals surface area contributed by atoms with Crippen molar-refractivity contribution >= 4 is 22.7 Å². The summed E-state index contributed by atoms with van der Waals surface area (Å²) in [7, 11) is 0. The summed E-state index contributed by atoms with van der Waals surface area (Å²) < 4.78 is 28.5. The van der Waals surface area contributed by atoms with E-state index in [0.29, 0.717) is 18.5 Å². The first-order chi connectivity index (χ1) is 11.9. The lowest BCUT2D eigenvalue weighted by Gasteiger charge is -2.42. The molecule has 0 saturated carbocycles. The minimum atomic E-state index is -3.09. The van der Waals surface area contributed by atoms with E-state index in [1.54, 1.807) is 24.3 Å². The van der Waals surface area contributed by atoms with Crippen LogP contribution in [0, 0.1) is 5.41 Å².